The lowest BCUT2D eigenvalue weighted by atomic mass is 10.5. The van der Waals surface area contributed by atoms with Crippen molar-refractivity contribution in [2.24, 2.45) is 16.6 Å². The maximum atomic E-state index is 5.52. The highest BCUT2D eigenvalue weighted by Gasteiger charge is 2.24. The predicted molar refractivity (Wildman–Crippen MR) is 45.0 cm³/mol. The zero-order valence-electron chi connectivity index (χ0n) is 6.62. The van der Waals surface area contributed by atoms with Gasteiger partial charge in [-0.15, -0.1) is 10.3 Å². The lowest BCUT2D eigenvalue weighted by molar-refractivity contribution is 0.131. The molecule has 2 rings (SSSR count). The van der Waals surface area contributed by atoms with Crippen LogP contribution >= 0.6 is 0 Å². The molecule has 6 N–H and O–H groups in total. The summed E-state index contributed by atoms with van der Waals surface area (Å²) in [5, 5.41) is 5.42. The van der Waals surface area contributed by atoms with Gasteiger partial charge in [-0.05, 0) is 12.8 Å². The third-order valence-corrected chi connectivity index (χ3v) is 1.64. The van der Waals surface area contributed by atoms with Crippen molar-refractivity contribution in [3.8, 4) is 0 Å². The van der Waals surface area contributed by atoms with Crippen molar-refractivity contribution >= 4 is 5.84 Å². The van der Waals surface area contributed by atoms with E-state index in [0.29, 0.717) is 17.7 Å². The molecule has 1 heterocycles. The largest absolute Gasteiger partial charge is 0.384 e. The number of nitrogens with one attached hydrogen (secondary N) is 2. The Bertz CT molecular complexity index is 240. The van der Waals surface area contributed by atoms with Gasteiger partial charge in [0.25, 0.3) is 0 Å². The van der Waals surface area contributed by atoms with Crippen LogP contribution in [-0.2, 0) is 0 Å². The number of hydrogen-bond acceptors (Lipinski definition) is 6. The molecule has 0 aromatic rings. The molecule has 1 aliphatic heterocycles. The Labute approximate surface area is 70.2 Å². The van der Waals surface area contributed by atoms with Crippen LogP contribution in [0.2, 0.25) is 0 Å². The Kier molecular flexibility index (Phi) is 1.54. The molecule has 0 radical (unpaired) electrons. The van der Waals surface area contributed by atoms with Crippen LogP contribution in [0.1, 0.15) is 12.8 Å². The normalized spacial score (nSPS) is 22.8. The van der Waals surface area contributed by atoms with Crippen molar-refractivity contribution in [2.45, 2.75) is 18.9 Å². The van der Waals surface area contributed by atoms with Gasteiger partial charge in [-0.3, -0.25) is 5.43 Å². The number of nitrogens with two attached hydrogens (primary N) is 2. The van der Waals surface area contributed by atoms with E-state index in [2.05, 4.69) is 16.0 Å². The second kappa shape index (κ2) is 2.56. The van der Waals surface area contributed by atoms with Gasteiger partial charge in [0, 0.05) is 12.1 Å². The van der Waals surface area contributed by atoms with Gasteiger partial charge in [0.2, 0.25) is 0 Å². The molecule has 0 amide bonds. The van der Waals surface area contributed by atoms with E-state index in [9.17, 15) is 0 Å². The number of amidine groups is 1. The zero-order chi connectivity index (χ0) is 8.55. The molecule has 6 nitrogen and oxygen atoms in total. The average Bonchev–Trinajstić information content (AvgIpc) is 2.68. The summed E-state index contributed by atoms with van der Waals surface area (Å²) in [6, 6.07) is 0.514. The highest BCUT2D eigenvalue weighted by atomic mass is 15.9. The smallest absolute Gasteiger partial charge is 0.150 e. The molecule has 0 aromatic carbocycles. The van der Waals surface area contributed by atoms with E-state index in [4.69, 9.17) is 11.5 Å². The molecule has 66 valence electrons. The molecule has 0 spiro atoms. The first-order chi connectivity index (χ1) is 5.74. The second-order valence-corrected chi connectivity index (χ2v) is 2.95. The SMILES string of the molecule is NC1=CC(N)=NN(NC2CC2)N1. The van der Waals surface area contributed by atoms with E-state index < -0.39 is 0 Å². The third kappa shape index (κ3) is 1.59. The molecule has 0 bridgehead atoms. The molecule has 0 aromatic heterocycles. The molecule has 0 unspecified atom stereocenters. The fourth-order valence-corrected chi connectivity index (χ4v) is 0.930. The Hall–Kier alpha value is -1.43. The van der Waals surface area contributed by atoms with Crippen LogP contribution in [0.15, 0.2) is 17.0 Å². The number of rotatable bonds is 2. The fourth-order valence-electron chi connectivity index (χ4n) is 0.930. The molecule has 1 fully saturated rings. The van der Waals surface area contributed by atoms with Crippen LogP contribution in [0.4, 0.5) is 0 Å². The lowest BCUT2D eigenvalue weighted by Crippen LogP contribution is -2.49. The second-order valence-electron chi connectivity index (χ2n) is 2.95. The van der Waals surface area contributed by atoms with Crippen molar-refractivity contribution < 1.29 is 0 Å². The molecule has 1 aliphatic carbocycles. The first kappa shape index (κ1) is 7.23. The van der Waals surface area contributed by atoms with Crippen LogP contribution in [0, 0.1) is 0 Å². The van der Waals surface area contributed by atoms with E-state index in [-0.39, 0.29) is 0 Å². The van der Waals surface area contributed by atoms with Crippen molar-refractivity contribution in [1.29, 1.82) is 0 Å². The van der Waals surface area contributed by atoms with Crippen molar-refractivity contribution in [2.75, 3.05) is 0 Å². The van der Waals surface area contributed by atoms with Crippen molar-refractivity contribution in [3.63, 3.8) is 0 Å². The molecular weight excluding hydrogens is 156 g/mol. The summed E-state index contributed by atoms with van der Waals surface area (Å²) < 4.78 is 0. The standard InChI is InChI=1S/C6H12N6/c7-5-3-6(8)11-12(10-5)9-4-1-2-4/h3-4,9-10H,1-2,7H2,(H2,8,11). The summed E-state index contributed by atoms with van der Waals surface area (Å²) in [6.07, 6.45) is 3.93. The first-order valence-corrected chi connectivity index (χ1v) is 3.88. The summed E-state index contributed by atoms with van der Waals surface area (Å²) in [7, 11) is 0. The highest BCUT2D eigenvalue weighted by molar-refractivity contribution is 5.91. The minimum Gasteiger partial charge on any atom is -0.384 e. The van der Waals surface area contributed by atoms with E-state index in [0.717, 1.165) is 0 Å². The van der Waals surface area contributed by atoms with Crippen molar-refractivity contribution in [3.05, 3.63) is 11.9 Å². The average molecular weight is 168 g/mol. The van der Waals surface area contributed by atoms with Gasteiger partial charge in [0.15, 0.2) is 5.84 Å². The van der Waals surface area contributed by atoms with Crippen LogP contribution in [0.3, 0.4) is 0 Å². The molecule has 0 atom stereocenters. The number of nitrogens with zero attached hydrogens (tertiary/aromatic N) is 2. The van der Waals surface area contributed by atoms with Crippen LogP contribution in [-0.4, -0.2) is 17.1 Å². The number of hydrazone groups is 1. The van der Waals surface area contributed by atoms with E-state index >= 15 is 0 Å². The van der Waals surface area contributed by atoms with Gasteiger partial charge in [0.05, 0.1) is 0 Å². The van der Waals surface area contributed by atoms with Gasteiger partial charge < -0.3 is 11.5 Å². The topological polar surface area (TPSA) is 91.7 Å². The first-order valence-electron chi connectivity index (χ1n) is 3.88. The molecule has 0 saturated heterocycles. The lowest BCUT2D eigenvalue weighted by Gasteiger charge is -2.24. The summed E-state index contributed by atoms with van der Waals surface area (Å²) in [5.74, 6) is 0.898. The Morgan fingerprint density at radius 1 is 1.58 bits per heavy atom. The maximum Gasteiger partial charge on any atom is 0.150 e. The predicted octanol–water partition coefficient (Wildman–Crippen LogP) is -1.45. The van der Waals surface area contributed by atoms with E-state index in [1.807, 2.05) is 0 Å². The summed E-state index contributed by atoms with van der Waals surface area (Å²) in [6.45, 7) is 0. The molecule has 12 heavy (non-hydrogen) atoms. The number of hydrazine groups is 2. The molecular formula is C6H12N6. The van der Waals surface area contributed by atoms with E-state index in [1.165, 1.54) is 18.1 Å². The monoisotopic (exact) mass is 168 g/mol. The van der Waals surface area contributed by atoms with Crippen molar-refractivity contribution in [1.82, 2.24) is 16.1 Å². The third-order valence-electron chi connectivity index (χ3n) is 1.64. The quantitative estimate of drug-likeness (QED) is 0.405. The van der Waals surface area contributed by atoms with Crippen LogP contribution in [0.25, 0.3) is 0 Å². The maximum absolute atomic E-state index is 5.52. The molecule has 2 aliphatic rings. The van der Waals surface area contributed by atoms with Crippen LogP contribution < -0.4 is 22.3 Å². The molecule has 1 saturated carbocycles. The van der Waals surface area contributed by atoms with Gasteiger partial charge in [-0.1, -0.05) is 0 Å². The Morgan fingerprint density at radius 2 is 2.33 bits per heavy atom. The number of hydrogen-bond donors (Lipinski definition) is 4. The Balaban J connectivity index is 1.95. The van der Waals surface area contributed by atoms with E-state index in [1.54, 1.807) is 6.08 Å². The zero-order valence-corrected chi connectivity index (χ0v) is 6.62. The summed E-state index contributed by atoms with van der Waals surface area (Å²) >= 11 is 0. The summed E-state index contributed by atoms with van der Waals surface area (Å²) in [4.78, 5) is 0. The van der Waals surface area contributed by atoms with Gasteiger partial charge in [0.1, 0.15) is 5.82 Å². The Morgan fingerprint density at radius 3 is 2.92 bits per heavy atom. The summed E-state index contributed by atoms with van der Waals surface area (Å²) in [5.41, 5.74) is 16.9. The van der Waals surface area contributed by atoms with Gasteiger partial charge in [-0.2, -0.15) is 5.43 Å². The molecule has 6 heteroatoms. The highest BCUT2D eigenvalue weighted by Crippen LogP contribution is 2.19. The minimum atomic E-state index is 0.402. The van der Waals surface area contributed by atoms with Crippen LogP contribution in [0.5, 0.6) is 0 Å². The van der Waals surface area contributed by atoms with Gasteiger partial charge in [-0.25, -0.2) is 0 Å². The fraction of sp³-hybridized carbons (Fsp3) is 0.500. The van der Waals surface area contributed by atoms with Gasteiger partial charge >= 0.3 is 0 Å². The minimum absolute atomic E-state index is 0.402.